The Morgan fingerprint density at radius 2 is 1.62 bits per heavy atom. The molecule has 1 aromatic heterocycles. The van der Waals surface area contributed by atoms with Crippen molar-refractivity contribution in [2.24, 2.45) is 0 Å². The molecule has 6 rings (SSSR count). The van der Waals surface area contributed by atoms with Crippen molar-refractivity contribution >= 4 is 37.9 Å². The van der Waals surface area contributed by atoms with Gasteiger partial charge in [0.2, 0.25) is 10.0 Å². The van der Waals surface area contributed by atoms with Gasteiger partial charge in [0, 0.05) is 36.0 Å². The lowest BCUT2D eigenvalue weighted by Crippen LogP contribution is -2.39. The second kappa shape index (κ2) is 12.0. The number of carbonyl (C=O) groups is 1. The van der Waals surface area contributed by atoms with Gasteiger partial charge in [0.15, 0.2) is 0 Å². The minimum Gasteiger partial charge on any atom is -0.491 e. The van der Waals surface area contributed by atoms with E-state index in [1.807, 2.05) is 66.7 Å². The van der Waals surface area contributed by atoms with Gasteiger partial charge in [-0.1, -0.05) is 54.6 Å². The maximum Gasteiger partial charge on any atom is 0.254 e. The van der Waals surface area contributed by atoms with Crippen LogP contribution in [0.3, 0.4) is 0 Å². The van der Waals surface area contributed by atoms with Crippen molar-refractivity contribution in [3.8, 4) is 5.75 Å². The van der Waals surface area contributed by atoms with Crippen LogP contribution < -0.4 is 4.74 Å². The summed E-state index contributed by atoms with van der Waals surface area (Å²) in [6, 6.07) is 28.9. The molecular weight excluding hydrogens is 552 g/mol. The lowest BCUT2D eigenvalue weighted by Gasteiger charge is -2.26. The maximum atomic E-state index is 13.8. The van der Waals surface area contributed by atoms with Gasteiger partial charge in [0.05, 0.1) is 11.4 Å². The smallest absolute Gasteiger partial charge is 0.254 e. The summed E-state index contributed by atoms with van der Waals surface area (Å²) in [5, 5.41) is 12.9. The van der Waals surface area contributed by atoms with Crippen LogP contribution in [0.15, 0.2) is 106 Å². The van der Waals surface area contributed by atoms with Gasteiger partial charge in [-0.3, -0.25) is 4.79 Å². The van der Waals surface area contributed by atoms with Gasteiger partial charge in [-0.2, -0.15) is 4.31 Å². The topological polar surface area (TPSA) is 100 Å². The molecule has 4 aromatic carbocycles. The van der Waals surface area contributed by atoms with Crippen LogP contribution >= 0.6 is 0 Å². The van der Waals surface area contributed by atoms with Gasteiger partial charge in [0.1, 0.15) is 29.6 Å². The third-order valence-electron chi connectivity index (χ3n) is 7.51. The van der Waals surface area contributed by atoms with Crippen molar-refractivity contribution in [2.45, 2.75) is 30.4 Å². The molecule has 216 valence electrons. The first-order chi connectivity index (χ1) is 20.4. The van der Waals surface area contributed by atoms with E-state index in [0.717, 1.165) is 40.3 Å². The highest BCUT2D eigenvalue weighted by molar-refractivity contribution is 7.89. The zero-order valence-corrected chi connectivity index (χ0v) is 23.9. The minimum atomic E-state index is -3.68. The fraction of sp³-hybridized carbons (Fsp3) is 0.242. The van der Waals surface area contributed by atoms with Gasteiger partial charge >= 0.3 is 0 Å². The Morgan fingerprint density at radius 1 is 0.881 bits per heavy atom. The number of sulfonamides is 1. The van der Waals surface area contributed by atoms with E-state index in [9.17, 15) is 18.3 Å². The molecule has 1 saturated heterocycles. The predicted octanol–water partition coefficient (Wildman–Crippen LogP) is 5.45. The van der Waals surface area contributed by atoms with Crippen LogP contribution in [0.4, 0.5) is 0 Å². The van der Waals surface area contributed by atoms with E-state index >= 15 is 0 Å². The normalized spacial score (nSPS) is 14.8. The summed E-state index contributed by atoms with van der Waals surface area (Å²) in [5.41, 5.74) is 2.67. The zero-order chi connectivity index (χ0) is 29.1. The van der Waals surface area contributed by atoms with Crippen molar-refractivity contribution in [1.29, 1.82) is 0 Å². The number of aliphatic hydroxyl groups is 1. The average Bonchev–Trinajstić information content (AvgIpc) is 3.69. The number of hydrogen-bond donors (Lipinski definition) is 1. The third-order valence-corrected chi connectivity index (χ3v) is 9.40. The summed E-state index contributed by atoms with van der Waals surface area (Å²) < 4.78 is 39.6. The quantitative estimate of drug-likeness (QED) is 0.234. The van der Waals surface area contributed by atoms with Crippen molar-refractivity contribution in [1.82, 2.24) is 9.21 Å². The van der Waals surface area contributed by atoms with Gasteiger partial charge in [-0.25, -0.2) is 8.42 Å². The number of amides is 1. The van der Waals surface area contributed by atoms with Crippen LogP contribution in [0.25, 0.3) is 21.9 Å². The van der Waals surface area contributed by atoms with E-state index < -0.39 is 16.1 Å². The van der Waals surface area contributed by atoms with Gasteiger partial charge < -0.3 is 19.2 Å². The third kappa shape index (κ3) is 5.90. The molecule has 1 atom stereocenters. The Labute approximate surface area is 244 Å². The Hall–Kier alpha value is -4.18. The molecule has 1 fully saturated rings. The van der Waals surface area contributed by atoms with Crippen molar-refractivity contribution < 1.29 is 27.5 Å². The summed E-state index contributed by atoms with van der Waals surface area (Å²) in [7, 11) is -3.68. The van der Waals surface area contributed by atoms with E-state index in [0.29, 0.717) is 18.8 Å². The van der Waals surface area contributed by atoms with Crippen LogP contribution in [0, 0.1) is 0 Å². The van der Waals surface area contributed by atoms with E-state index in [1.54, 1.807) is 18.2 Å². The minimum absolute atomic E-state index is 0.00623. The number of aliphatic hydroxyl groups excluding tert-OH is 1. The van der Waals surface area contributed by atoms with Gasteiger partial charge in [-0.05, 0) is 60.9 Å². The van der Waals surface area contributed by atoms with Gasteiger partial charge in [-0.15, -0.1) is 0 Å². The second-order valence-electron chi connectivity index (χ2n) is 10.5. The molecule has 0 aliphatic carbocycles. The Bertz CT molecular complexity index is 1810. The van der Waals surface area contributed by atoms with Gasteiger partial charge in [0.25, 0.3) is 5.91 Å². The summed E-state index contributed by atoms with van der Waals surface area (Å²) in [5.74, 6) is 0.205. The SMILES string of the molecule is O=C(c1cccc(S(=O)(=O)N2CCCC2)c1)N(Cc1ccccc1)CC(O)COc1ccc2oc3ccccc3c2c1. The van der Waals surface area contributed by atoms with E-state index in [-0.39, 0.29) is 36.1 Å². The molecule has 8 nitrogen and oxygen atoms in total. The first-order valence-electron chi connectivity index (χ1n) is 14.0. The molecule has 1 unspecified atom stereocenters. The lowest BCUT2D eigenvalue weighted by molar-refractivity contribution is 0.0482. The highest BCUT2D eigenvalue weighted by Crippen LogP contribution is 2.31. The Kier molecular flexibility index (Phi) is 7.97. The number of rotatable bonds is 10. The average molecular weight is 585 g/mol. The molecule has 0 radical (unpaired) electrons. The van der Waals surface area contributed by atoms with Crippen molar-refractivity contribution in [3.63, 3.8) is 0 Å². The number of para-hydroxylation sites is 1. The number of furan rings is 1. The molecular formula is C33H32N2O6S. The second-order valence-corrected chi connectivity index (χ2v) is 12.5. The van der Waals surface area contributed by atoms with Crippen LogP contribution in [0.2, 0.25) is 0 Å². The van der Waals surface area contributed by atoms with Crippen LogP contribution in [0.1, 0.15) is 28.8 Å². The fourth-order valence-electron chi connectivity index (χ4n) is 5.37. The molecule has 9 heteroatoms. The first-order valence-corrected chi connectivity index (χ1v) is 15.5. The molecule has 0 saturated carbocycles. The molecule has 1 aliphatic heterocycles. The number of hydrogen-bond acceptors (Lipinski definition) is 6. The summed E-state index contributed by atoms with van der Waals surface area (Å²) in [6.45, 7) is 1.16. The van der Waals surface area contributed by atoms with Crippen molar-refractivity contribution in [3.05, 3.63) is 108 Å². The predicted molar refractivity (Wildman–Crippen MR) is 161 cm³/mol. The first kappa shape index (κ1) is 28.0. The molecule has 0 bridgehead atoms. The van der Waals surface area contributed by atoms with Crippen molar-refractivity contribution in [2.75, 3.05) is 26.2 Å². The number of fused-ring (bicyclic) bond motifs is 3. The number of nitrogens with zero attached hydrogens (tertiary/aromatic N) is 2. The van der Waals surface area contributed by atoms with E-state index in [4.69, 9.17) is 9.15 Å². The van der Waals surface area contributed by atoms with E-state index in [2.05, 4.69) is 0 Å². The lowest BCUT2D eigenvalue weighted by atomic mass is 10.1. The summed E-state index contributed by atoms with van der Waals surface area (Å²) >= 11 is 0. The molecule has 1 aliphatic rings. The largest absolute Gasteiger partial charge is 0.491 e. The summed E-state index contributed by atoms with van der Waals surface area (Å²) in [4.78, 5) is 15.4. The molecule has 1 N–H and O–H groups in total. The highest BCUT2D eigenvalue weighted by atomic mass is 32.2. The maximum absolute atomic E-state index is 13.8. The van der Waals surface area contributed by atoms with Crippen LogP contribution in [0.5, 0.6) is 5.75 Å². The number of carbonyl (C=O) groups excluding carboxylic acids is 1. The monoisotopic (exact) mass is 584 g/mol. The standard InChI is InChI=1S/C33H32N2O6S/c36-26(23-40-27-15-16-32-30(20-27)29-13-4-5-14-31(29)41-32)22-34(21-24-9-2-1-3-10-24)33(37)25-11-8-12-28(19-25)42(38,39)35-17-6-7-18-35/h1-5,8-16,19-20,26,36H,6-7,17-18,21-23H2. The van der Waals surface area contributed by atoms with Crippen LogP contribution in [-0.2, 0) is 16.6 Å². The molecule has 5 aromatic rings. The Morgan fingerprint density at radius 3 is 2.43 bits per heavy atom. The molecule has 2 heterocycles. The highest BCUT2D eigenvalue weighted by Gasteiger charge is 2.28. The number of benzene rings is 4. The molecule has 0 spiro atoms. The van der Waals surface area contributed by atoms with Crippen LogP contribution in [-0.4, -0.2) is 61.0 Å². The fourth-order valence-corrected chi connectivity index (χ4v) is 6.93. The Balaban J connectivity index is 1.19. The molecule has 1 amide bonds. The summed E-state index contributed by atoms with van der Waals surface area (Å²) in [6.07, 6.45) is 0.663. The van der Waals surface area contributed by atoms with E-state index in [1.165, 1.54) is 21.3 Å². The number of ether oxygens (including phenoxy) is 1. The zero-order valence-electron chi connectivity index (χ0n) is 23.1. The molecule has 42 heavy (non-hydrogen) atoms.